The molecular weight excluding hydrogens is 244 g/mol. The first kappa shape index (κ1) is 14.6. The zero-order valence-electron chi connectivity index (χ0n) is 12.6. The molecule has 0 aliphatic rings. The molecule has 0 unspecified atom stereocenters. The Labute approximate surface area is 122 Å². The maximum absolute atomic E-state index is 3.46. The van der Waals surface area contributed by atoms with Gasteiger partial charge < -0.3 is 10.2 Å². The lowest BCUT2D eigenvalue weighted by molar-refractivity contribution is 0.588. The van der Waals surface area contributed by atoms with Gasteiger partial charge in [-0.05, 0) is 23.3 Å². The van der Waals surface area contributed by atoms with Crippen LogP contribution in [0.5, 0.6) is 0 Å². The van der Waals surface area contributed by atoms with E-state index in [0.29, 0.717) is 6.04 Å². The van der Waals surface area contributed by atoms with Gasteiger partial charge in [0.05, 0.1) is 0 Å². The molecule has 2 nitrogen and oxygen atoms in total. The second kappa shape index (κ2) is 7.11. The Hall–Kier alpha value is -1.80. The molecule has 0 spiro atoms. The molecule has 0 fully saturated rings. The lowest BCUT2D eigenvalue weighted by Gasteiger charge is -2.20. The molecular formula is C18H24N2. The van der Waals surface area contributed by atoms with Crippen LogP contribution >= 0.6 is 0 Å². The summed E-state index contributed by atoms with van der Waals surface area (Å²) in [4.78, 5) is 2.27. The molecule has 0 bridgehead atoms. The van der Waals surface area contributed by atoms with Crippen LogP contribution in [0.2, 0.25) is 0 Å². The van der Waals surface area contributed by atoms with Crippen LogP contribution in [0, 0.1) is 0 Å². The topological polar surface area (TPSA) is 15.3 Å². The summed E-state index contributed by atoms with van der Waals surface area (Å²) in [5, 5.41) is 3.46. The number of benzene rings is 2. The molecule has 1 N–H and O–H groups in total. The van der Waals surface area contributed by atoms with Crippen LogP contribution in [-0.4, -0.2) is 13.1 Å². The third-order valence-electron chi connectivity index (χ3n) is 3.32. The predicted molar refractivity (Wildman–Crippen MR) is 87.0 cm³/mol. The number of hydrogen-bond donors (Lipinski definition) is 1. The Morgan fingerprint density at radius 3 is 2.35 bits per heavy atom. The highest BCUT2D eigenvalue weighted by molar-refractivity contribution is 5.45. The van der Waals surface area contributed by atoms with Gasteiger partial charge in [-0.2, -0.15) is 0 Å². The highest BCUT2D eigenvalue weighted by Crippen LogP contribution is 2.15. The van der Waals surface area contributed by atoms with Gasteiger partial charge >= 0.3 is 0 Å². The molecule has 2 aromatic carbocycles. The van der Waals surface area contributed by atoms with Gasteiger partial charge in [-0.1, -0.05) is 56.3 Å². The predicted octanol–water partition coefficient (Wildman–Crippen LogP) is 3.82. The van der Waals surface area contributed by atoms with Crippen LogP contribution in [0.1, 0.15) is 25.0 Å². The van der Waals surface area contributed by atoms with Crippen molar-refractivity contribution in [2.45, 2.75) is 33.0 Å². The molecule has 0 heterocycles. The van der Waals surface area contributed by atoms with E-state index in [1.165, 1.54) is 16.8 Å². The first-order chi connectivity index (χ1) is 9.65. The van der Waals surface area contributed by atoms with Gasteiger partial charge in [0.15, 0.2) is 0 Å². The Bertz CT molecular complexity index is 520. The third kappa shape index (κ3) is 4.39. The number of nitrogens with zero attached hydrogens (tertiary/aromatic N) is 1. The summed E-state index contributed by atoms with van der Waals surface area (Å²) in [6.07, 6.45) is 0. The van der Waals surface area contributed by atoms with Crippen molar-refractivity contribution in [2.75, 3.05) is 11.9 Å². The van der Waals surface area contributed by atoms with Gasteiger partial charge in [0.1, 0.15) is 0 Å². The first-order valence-corrected chi connectivity index (χ1v) is 7.22. The van der Waals surface area contributed by atoms with E-state index in [9.17, 15) is 0 Å². The number of nitrogens with one attached hydrogen (secondary N) is 1. The van der Waals surface area contributed by atoms with E-state index < -0.39 is 0 Å². The summed E-state index contributed by atoms with van der Waals surface area (Å²) in [5.74, 6) is 0. The lowest BCUT2D eigenvalue weighted by atomic mass is 10.1. The van der Waals surface area contributed by atoms with Gasteiger partial charge in [0, 0.05) is 31.9 Å². The number of para-hydroxylation sites is 1. The quantitative estimate of drug-likeness (QED) is 0.856. The van der Waals surface area contributed by atoms with Crippen molar-refractivity contribution < 1.29 is 0 Å². The van der Waals surface area contributed by atoms with E-state index in [-0.39, 0.29) is 0 Å². The zero-order valence-corrected chi connectivity index (χ0v) is 12.6. The fraction of sp³-hybridized carbons (Fsp3) is 0.333. The highest BCUT2D eigenvalue weighted by atomic mass is 15.1. The summed E-state index contributed by atoms with van der Waals surface area (Å²) in [6.45, 7) is 6.21. The van der Waals surface area contributed by atoms with Crippen molar-refractivity contribution in [3.63, 3.8) is 0 Å². The third-order valence-corrected chi connectivity index (χ3v) is 3.32. The van der Waals surface area contributed by atoms with Crippen molar-refractivity contribution in [3.05, 3.63) is 65.7 Å². The smallest absolute Gasteiger partial charge is 0.0426 e. The highest BCUT2D eigenvalue weighted by Gasteiger charge is 2.03. The van der Waals surface area contributed by atoms with Crippen molar-refractivity contribution >= 4 is 5.69 Å². The monoisotopic (exact) mass is 268 g/mol. The van der Waals surface area contributed by atoms with Gasteiger partial charge in [-0.25, -0.2) is 0 Å². The molecule has 0 saturated carbocycles. The molecule has 0 amide bonds. The summed E-state index contributed by atoms with van der Waals surface area (Å²) in [7, 11) is 2.13. The van der Waals surface area contributed by atoms with Gasteiger partial charge in [-0.3, -0.25) is 0 Å². The maximum Gasteiger partial charge on any atom is 0.0426 e. The minimum Gasteiger partial charge on any atom is -0.370 e. The van der Waals surface area contributed by atoms with Crippen molar-refractivity contribution in [1.29, 1.82) is 0 Å². The molecule has 2 rings (SSSR count). The molecule has 0 radical (unpaired) electrons. The van der Waals surface area contributed by atoms with Gasteiger partial charge in [0.2, 0.25) is 0 Å². The minimum absolute atomic E-state index is 0.519. The molecule has 2 heteroatoms. The average Bonchev–Trinajstić information content (AvgIpc) is 2.46. The van der Waals surface area contributed by atoms with E-state index in [0.717, 1.165) is 13.1 Å². The number of rotatable bonds is 6. The van der Waals surface area contributed by atoms with E-state index in [4.69, 9.17) is 0 Å². The standard InChI is InChI=1S/C18H24N2/c1-15(2)19-13-16-8-7-9-17(12-16)14-20(3)18-10-5-4-6-11-18/h4-12,15,19H,13-14H2,1-3H3. The normalized spacial score (nSPS) is 10.8. The molecule has 2 aromatic rings. The van der Waals surface area contributed by atoms with Crippen LogP contribution in [0.25, 0.3) is 0 Å². The maximum atomic E-state index is 3.46. The Morgan fingerprint density at radius 2 is 1.65 bits per heavy atom. The summed E-state index contributed by atoms with van der Waals surface area (Å²) < 4.78 is 0. The summed E-state index contributed by atoms with van der Waals surface area (Å²) in [5.41, 5.74) is 3.94. The molecule has 0 atom stereocenters. The SMILES string of the molecule is CC(C)NCc1cccc(CN(C)c2ccccc2)c1. The minimum atomic E-state index is 0.519. The Balaban J connectivity index is 2.00. The van der Waals surface area contributed by atoms with Crippen LogP contribution in [0.4, 0.5) is 5.69 Å². The number of anilines is 1. The van der Waals surface area contributed by atoms with Gasteiger partial charge in [0.25, 0.3) is 0 Å². The van der Waals surface area contributed by atoms with Crippen molar-refractivity contribution in [2.24, 2.45) is 0 Å². The Kier molecular flexibility index (Phi) is 5.19. The molecule has 0 aromatic heterocycles. The average molecular weight is 268 g/mol. The fourth-order valence-electron chi connectivity index (χ4n) is 2.21. The summed E-state index contributed by atoms with van der Waals surface area (Å²) in [6, 6.07) is 19.8. The first-order valence-electron chi connectivity index (χ1n) is 7.22. The molecule has 106 valence electrons. The second-order valence-electron chi connectivity index (χ2n) is 5.55. The lowest BCUT2D eigenvalue weighted by Crippen LogP contribution is -2.22. The second-order valence-corrected chi connectivity index (χ2v) is 5.55. The van der Waals surface area contributed by atoms with E-state index >= 15 is 0 Å². The van der Waals surface area contributed by atoms with E-state index in [1.807, 2.05) is 0 Å². The molecule has 0 aliphatic heterocycles. The van der Waals surface area contributed by atoms with Crippen LogP contribution in [-0.2, 0) is 13.1 Å². The van der Waals surface area contributed by atoms with E-state index in [2.05, 4.69) is 85.7 Å². The van der Waals surface area contributed by atoms with Crippen LogP contribution < -0.4 is 10.2 Å². The Morgan fingerprint density at radius 1 is 0.950 bits per heavy atom. The van der Waals surface area contributed by atoms with Crippen molar-refractivity contribution in [1.82, 2.24) is 5.32 Å². The van der Waals surface area contributed by atoms with Crippen molar-refractivity contribution in [3.8, 4) is 0 Å². The largest absolute Gasteiger partial charge is 0.370 e. The zero-order chi connectivity index (χ0) is 14.4. The van der Waals surface area contributed by atoms with Gasteiger partial charge in [-0.15, -0.1) is 0 Å². The number of hydrogen-bond acceptors (Lipinski definition) is 2. The summed E-state index contributed by atoms with van der Waals surface area (Å²) >= 11 is 0. The molecule has 20 heavy (non-hydrogen) atoms. The van der Waals surface area contributed by atoms with E-state index in [1.54, 1.807) is 0 Å². The van der Waals surface area contributed by atoms with Crippen LogP contribution in [0.3, 0.4) is 0 Å². The van der Waals surface area contributed by atoms with Crippen LogP contribution in [0.15, 0.2) is 54.6 Å². The fourth-order valence-corrected chi connectivity index (χ4v) is 2.21. The molecule has 0 saturated heterocycles. The molecule has 0 aliphatic carbocycles.